The van der Waals surface area contributed by atoms with Crippen molar-refractivity contribution in [3.63, 3.8) is 0 Å². The molecule has 0 radical (unpaired) electrons. The molecular weight excluding hydrogens is 140 g/mol. The minimum Gasteiger partial charge on any atom is -0.353 e. The molecule has 2 bridgehead atoms. The molecule has 0 saturated carbocycles. The van der Waals surface area contributed by atoms with Crippen LogP contribution < -0.4 is 0 Å². The lowest BCUT2D eigenvalue weighted by atomic mass is 9.84. The molecule has 2 heterocycles. The SMILES string of the molecule is C=C[C@H]1CO[C@H]2C[C@@H]1CCO2. The molecule has 11 heavy (non-hydrogen) atoms. The summed E-state index contributed by atoms with van der Waals surface area (Å²) in [6.45, 7) is 5.48. The van der Waals surface area contributed by atoms with E-state index in [1.165, 1.54) is 6.42 Å². The first-order valence-corrected chi connectivity index (χ1v) is 4.26. The van der Waals surface area contributed by atoms with Gasteiger partial charge in [-0.1, -0.05) is 6.08 Å². The molecule has 2 heteroatoms. The number of hydrogen-bond donors (Lipinski definition) is 0. The average molecular weight is 154 g/mol. The fourth-order valence-electron chi connectivity index (χ4n) is 1.90. The van der Waals surface area contributed by atoms with Gasteiger partial charge in [0.1, 0.15) is 0 Å². The van der Waals surface area contributed by atoms with Crippen LogP contribution in [0.3, 0.4) is 0 Å². The highest BCUT2D eigenvalue weighted by molar-refractivity contribution is 4.89. The van der Waals surface area contributed by atoms with Crippen LogP contribution in [0.4, 0.5) is 0 Å². The Labute approximate surface area is 67.2 Å². The minimum atomic E-state index is 0.0879. The number of ether oxygens (including phenoxy) is 2. The molecular formula is C9H14O2. The highest BCUT2D eigenvalue weighted by Crippen LogP contribution is 2.33. The molecule has 0 amide bonds. The minimum absolute atomic E-state index is 0.0879. The highest BCUT2D eigenvalue weighted by atomic mass is 16.7. The van der Waals surface area contributed by atoms with Crippen LogP contribution in [0.25, 0.3) is 0 Å². The zero-order chi connectivity index (χ0) is 7.68. The van der Waals surface area contributed by atoms with Crippen molar-refractivity contribution in [3.8, 4) is 0 Å². The zero-order valence-corrected chi connectivity index (χ0v) is 6.66. The Balaban J connectivity index is 2.02. The summed E-state index contributed by atoms with van der Waals surface area (Å²) in [5.74, 6) is 1.33. The first kappa shape index (κ1) is 7.32. The third-order valence-electron chi connectivity index (χ3n) is 2.67. The lowest BCUT2D eigenvalue weighted by Gasteiger charge is -2.38. The predicted octanol–water partition coefficient (Wildman–Crippen LogP) is 1.57. The average Bonchev–Trinajstić information content (AvgIpc) is 2.06. The molecule has 2 aliphatic rings. The Hall–Kier alpha value is -0.340. The third kappa shape index (κ3) is 1.33. The van der Waals surface area contributed by atoms with Gasteiger partial charge in [-0.2, -0.15) is 0 Å². The monoisotopic (exact) mass is 154 g/mol. The van der Waals surface area contributed by atoms with Crippen molar-refractivity contribution in [2.45, 2.75) is 19.1 Å². The predicted molar refractivity (Wildman–Crippen MR) is 42.1 cm³/mol. The van der Waals surface area contributed by atoms with Gasteiger partial charge in [-0.15, -0.1) is 6.58 Å². The number of fused-ring (bicyclic) bond motifs is 2. The van der Waals surface area contributed by atoms with Crippen LogP contribution in [0, 0.1) is 11.8 Å². The molecule has 0 aromatic rings. The molecule has 0 aromatic heterocycles. The van der Waals surface area contributed by atoms with Crippen molar-refractivity contribution in [2.24, 2.45) is 11.8 Å². The van der Waals surface area contributed by atoms with E-state index >= 15 is 0 Å². The van der Waals surface area contributed by atoms with Gasteiger partial charge in [0.15, 0.2) is 6.29 Å². The van der Waals surface area contributed by atoms with E-state index in [9.17, 15) is 0 Å². The molecule has 2 fully saturated rings. The molecule has 2 saturated heterocycles. The first-order chi connectivity index (χ1) is 5.40. The van der Waals surface area contributed by atoms with Crippen molar-refractivity contribution in [1.29, 1.82) is 0 Å². The van der Waals surface area contributed by atoms with Crippen molar-refractivity contribution in [2.75, 3.05) is 13.2 Å². The van der Waals surface area contributed by atoms with Crippen LogP contribution >= 0.6 is 0 Å². The molecule has 2 rings (SSSR count). The Morgan fingerprint density at radius 3 is 3.09 bits per heavy atom. The van der Waals surface area contributed by atoms with Crippen molar-refractivity contribution in [1.82, 2.24) is 0 Å². The van der Waals surface area contributed by atoms with Crippen molar-refractivity contribution in [3.05, 3.63) is 12.7 Å². The van der Waals surface area contributed by atoms with Crippen molar-refractivity contribution >= 4 is 0 Å². The fraction of sp³-hybridized carbons (Fsp3) is 0.778. The molecule has 0 N–H and O–H groups in total. The van der Waals surface area contributed by atoms with Gasteiger partial charge in [0.2, 0.25) is 0 Å². The van der Waals surface area contributed by atoms with Gasteiger partial charge in [0.25, 0.3) is 0 Å². The second-order valence-electron chi connectivity index (χ2n) is 3.32. The molecule has 0 spiro atoms. The normalized spacial score (nSPS) is 43.5. The topological polar surface area (TPSA) is 18.5 Å². The summed E-state index contributed by atoms with van der Waals surface area (Å²) in [6.07, 6.45) is 4.35. The van der Waals surface area contributed by atoms with Gasteiger partial charge in [-0.05, 0) is 12.3 Å². The van der Waals surface area contributed by atoms with E-state index in [-0.39, 0.29) is 6.29 Å². The van der Waals surface area contributed by atoms with Gasteiger partial charge in [0, 0.05) is 12.3 Å². The Kier molecular flexibility index (Phi) is 1.96. The molecule has 0 aliphatic carbocycles. The van der Waals surface area contributed by atoms with Crippen LogP contribution in [0.2, 0.25) is 0 Å². The van der Waals surface area contributed by atoms with E-state index in [1.807, 2.05) is 6.08 Å². The van der Waals surface area contributed by atoms with Gasteiger partial charge in [0.05, 0.1) is 13.2 Å². The van der Waals surface area contributed by atoms with E-state index in [4.69, 9.17) is 9.47 Å². The molecule has 2 nitrogen and oxygen atoms in total. The lowest BCUT2D eigenvalue weighted by Crippen LogP contribution is -2.39. The van der Waals surface area contributed by atoms with Crippen LogP contribution in [0.5, 0.6) is 0 Å². The van der Waals surface area contributed by atoms with E-state index in [2.05, 4.69) is 6.58 Å². The number of hydrogen-bond acceptors (Lipinski definition) is 2. The van der Waals surface area contributed by atoms with Gasteiger partial charge >= 0.3 is 0 Å². The van der Waals surface area contributed by atoms with Crippen LogP contribution in [-0.2, 0) is 9.47 Å². The summed E-state index contributed by atoms with van der Waals surface area (Å²) >= 11 is 0. The largest absolute Gasteiger partial charge is 0.353 e. The summed E-state index contributed by atoms with van der Waals surface area (Å²) in [4.78, 5) is 0. The van der Waals surface area contributed by atoms with Gasteiger partial charge in [-0.25, -0.2) is 0 Å². The summed E-state index contributed by atoms with van der Waals surface area (Å²) < 4.78 is 10.8. The maximum Gasteiger partial charge on any atom is 0.157 e. The van der Waals surface area contributed by atoms with E-state index in [0.29, 0.717) is 5.92 Å². The van der Waals surface area contributed by atoms with Crippen LogP contribution in [0.15, 0.2) is 12.7 Å². The quantitative estimate of drug-likeness (QED) is 0.534. The Morgan fingerprint density at radius 2 is 2.27 bits per heavy atom. The second kappa shape index (κ2) is 2.95. The second-order valence-corrected chi connectivity index (χ2v) is 3.32. The molecule has 3 atom stereocenters. The summed E-state index contributed by atoms with van der Waals surface area (Å²) in [7, 11) is 0. The van der Waals surface area contributed by atoms with Gasteiger partial charge < -0.3 is 9.47 Å². The van der Waals surface area contributed by atoms with E-state index in [1.54, 1.807) is 0 Å². The van der Waals surface area contributed by atoms with Gasteiger partial charge in [-0.3, -0.25) is 0 Å². The lowest BCUT2D eigenvalue weighted by molar-refractivity contribution is -0.213. The fourth-order valence-corrected chi connectivity index (χ4v) is 1.90. The van der Waals surface area contributed by atoms with E-state index < -0.39 is 0 Å². The Morgan fingerprint density at radius 1 is 1.36 bits per heavy atom. The molecule has 2 aliphatic heterocycles. The zero-order valence-electron chi connectivity index (χ0n) is 6.66. The summed E-state index contributed by atoms with van der Waals surface area (Å²) in [5, 5.41) is 0. The molecule has 0 unspecified atom stereocenters. The molecule has 0 aromatic carbocycles. The van der Waals surface area contributed by atoms with E-state index in [0.717, 1.165) is 25.6 Å². The number of rotatable bonds is 1. The Bertz CT molecular complexity index is 156. The highest BCUT2D eigenvalue weighted by Gasteiger charge is 2.32. The third-order valence-corrected chi connectivity index (χ3v) is 2.67. The summed E-state index contributed by atoms with van der Waals surface area (Å²) in [6, 6.07) is 0. The summed E-state index contributed by atoms with van der Waals surface area (Å²) in [5.41, 5.74) is 0. The maximum atomic E-state index is 5.46. The van der Waals surface area contributed by atoms with Crippen LogP contribution in [0.1, 0.15) is 12.8 Å². The molecule has 62 valence electrons. The standard InChI is InChI=1S/C9H14O2/c1-2-7-6-11-9-5-8(7)3-4-10-9/h2,7-9H,1,3-6H2/t7-,8-,9-/m0/s1. The smallest absolute Gasteiger partial charge is 0.157 e. The maximum absolute atomic E-state index is 5.46. The first-order valence-electron chi connectivity index (χ1n) is 4.26. The van der Waals surface area contributed by atoms with Crippen molar-refractivity contribution < 1.29 is 9.47 Å². The van der Waals surface area contributed by atoms with Crippen LogP contribution in [-0.4, -0.2) is 19.5 Å².